The van der Waals surface area contributed by atoms with Gasteiger partial charge in [-0.3, -0.25) is 4.79 Å². The molecule has 0 radical (unpaired) electrons. The number of likely N-dealkylation sites (tertiary alicyclic amines) is 1. The average molecular weight is 305 g/mol. The molecule has 0 spiro atoms. The molecule has 22 heavy (non-hydrogen) atoms. The van der Waals surface area contributed by atoms with Gasteiger partial charge in [0, 0.05) is 30.8 Å². The second-order valence-electron chi connectivity index (χ2n) is 5.60. The molecule has 1 saturated heterocycles. The number of hydrogen-bond acceptors (Lipinski definition) is 3. The molecule has 4 nitrogen and oxygen atoms in total. The number of ether oxygens (including phenoxy) is 2. The highest BCUT2D eigenvalue weighted by atomic mass is 16.5. The Morgan fingerprint density at radius 3 is 2.45 bits per heavy atom. The molecule has 0 atom stereocenters. The number of nitrogens with zero attached hydrogens (tertiary/aromatic N) is 1. The van der Waals surface area contributed by atoms with Gasteiger partial charge in [0.15, 0.2) is 0 Å². The van der Waals surface area contributed by atoms with Gasteiger partial charge >= 0.3 is 0 Å². The second-order valence-corrected chi connectivity index (χ2v) is 5.60. The molecule has 0 aromatic heterocycles. The molecule has 1 aromatic rings. The third kappa shape index (κ3) is 4.47. The van der Waals surface area contributed by atoms with Gasteiger partial charge in [-0.05, 0) is 44.9 Å². The van der Waals surface area contributed by atoms with E-state index in [1.165, 1.54) is 12.8 Å². The number of hydrogen-bond donors (Lipinski definition) is 0. The predicted octanol–water partition coefficient (Wildman–Crippen LogP) is 3.64. The van der Waals surface area contributed by atoms with Gasteiger partial charge in [0.1, 0.15) is 5.75 Å². The molecule has 0 aliphatic carbocycles. The Hall–Kier alpha value is -1.55. The Kier molecular flexibility index (Phi) is 6.72. The third-order valence-corrected chi connectivity index (χ3v) is 3.96. The predicted molar refractivity (Wildman–Crippen MR) is 87.3 cm³/mol. The SMILES string of the molecule is CCOCc1cc(C(=O)N2CCCCCC2)ccc1OCC. The summed E-state index contributed by atoms with van der Waals surface area (Å²) in [7, 11) is 0. The Bertz CT molecular complexity index is 479. The molecule has 1 amide bonds. The summed E-state index contributed by atoms with van der Waals surface area (Å²) in [6.07, 6.45) is 4.66. The first-order chi connectivity index (χ1) is 10.8. The van der Waals surface area contributed by atoms with Crippen LogP contribution >= 0.6 is 0 Å². The first-order valence-electron chi connectivity index (χ1n) is 8.39. The van der Waals surface area contributed by atoms with E-state index < -0.39 is 0 Å². The summed E-state index contributed by atoms with van der Waals surface area (Å²) >= 11 is 0. The molecule has 1 aromatic carbocycles. The van der Waals surface area contributed by atoms with E-state index in [-0.39, 0.29) is 5.91 Å². The summed E-state index contributed by atoms with van der Waals surface area (Å²) in [4.78, 5) is 14.7. The van der Waals surface area contributed by atoms with Crippen molar-refractivity contribution < 1.29 is 14.3 Å². The number of rotatable bonds is 6. The first-order valence-corrected chi connectivity index (χ1v) is 8.39. The quantitative estimate of drug-likeness (QED) is 0.805. The number of carbonyl (C=O) groups is 1. The molecule has 1 aliphatic rings. The fourth-order valence-corrected chi connectivity index (χ4v) is 2.79. The Labute approximate surface area is 133 Å². The number of benzene rings is 1. The minimum Gasteiger partial charge on any atom is -0.494 e. The van der Waals surface area contributed by atoms with Crippen LogP contribution in [0.5, 0.6) is 5.75 Å². The molecule has 0 unspecified atom stereocenters. The van der Waals surface area contributed by atoms with Crippen molar-refractivity contribution in [2.24, 2.45) is 0 Å². The lowest BCUT2D eigenvalue weighted by molar-refractivity contribution is 0.0761. The fourth-order valence-electron chi connectivity index (χ4n) is 2.79. The highest BCUT2D eigenvalue weighted by molar-refractivity contribution is 5.94. The van der Waals surface area contributed by atoms with Gasteiger partial charge in [-0.2, -0.15) is 0 Å². The van der Waals surface area contributed by atoms with Crippen LogP contribution in [0.25, 0.3) is 0 Å². The van der Waals surface area contributed by atoms with E-state index in [2.05, 4.69) is 0 Å². The van der Waals surface area contributed by atoms with E-state index in [0.717, 1.165) is 42.8 Å². The second kappa shape index (κ2) is 8.79. The number of carbonyl (C=O) groups excluding carboxylic acids is 1. The minimum atomic E-state index is 0.127. The third-order valence-electron chi connectivity index (χ3n) is 3.96. The van der Waals surface area contributed by atoms with E-state index in [1.807, 2.05) is 36.9 Å². The molecular formula is C18H27NO3. The van der Waals surface area contributed by atoms with Crippen molar-refractivity contribution in [1.82, 2.24) is 4.90 Å². The van der Waals surface area contributed by atoms with Crippen molar-refractivity contribution in [2.75, 3.05) is 26.3 Å². The van der Waals surface area contributed by atoms with Gasteiger partial charge in [0.05, 0.1) is 13.2 Å². The van der Waals surface area contributed by atoms with Crippen LogP contribution in [0.15, 0.2) is 18.2 Å². The Morgan fingerprint density at radius 2 is 1.82 bits per heavy atom. The van der Waals surface area contributed by atoms with Crippen LogP contribution in [0, 0.1) is 0 Å². The van der Waals surface area contributed by atoms with Crippen molar-refractivity contribution in [3.05, 3.63) is 29.3 Å². The lowest BCUT2D eigenvalue weighted by Crippen LogP contribution is -2.31. The van der Waals surface area contributed by atoms with Crippen LogP contribution in [-0.4, -0.2) is 37.1 Å². The zero-order valence-corrected chi connectivity index (χ0v) is 13.8. The number of amides is 1. The van der Waals surface area contributed by atoms with Gasteiger partial charge < -0.3 is 14.4 Å². The molecule has 4 heteroatoms. The highest BCUT2D eigenvalue weighted by Gasteiger charge is 2.18. The maximum Gasteiger partial charge on any atom is 0.253 e. The van der Waals surface area contributed by atoms with Crippen LogP contribution in [-0.2, 0) is 11.3 Å². The van der Waals surface area contributed by atoms with Crippen LogP contribution in [0.1, 0.15) is 55.5 Å². The molecule has 2 rings (SSSR count). The Morgan fingerprint density at radius 1 is 1.09 bits per heavy atom. The summed E-state index contributed by atoms with van der Waals surface area (Å²) in [5.41, 5.74) is 1.68. The van der Waals surface area contributed by atoms with Gasteiger partial charge in [0.2, 0.25) is 0 Å². The maximum absolute atomic E-state index is 12.7. The molecule has 1 heterocycles. The molecule has 0 saturated carbocycles. The van der Waals surface area contributed by atoms with Gasteiger partial charge in [-0.25, -0.2) is 0 Å². The lowest BCUT2D eigenvalue weighted by atomic mass is 10.1. The molecule has 122 valence electrons. The van der Waals surface area contributed by atoms with Crippen LogP contribution in [0.4, 0.5) is 0 Å². The molecular weight excluding hydrogens is 278 g/mol. The van der Waals surface area contributed by atoms with Crippen LogP contribution in [0.2, 0.25) is 0 Å². The molecule has 1 aliphatic heterocycles. The van der Waals surface area contributed by atoms with Crippen molar-refractivity contribution in [1.29, 1.82) is 0 Å². The summed E-state index contributed by atoms with van der Waals surface area (Å²) in [5, 5.41) is 0. The first kappa shape index (κ1) is 16.8. The van der Waals surface area contributed by atoms with E-state index in [9.17, 15) is 4.79 Å². The van der Waals surface area contributed by atoms with Gasteiger partial charge in [-0.15, -0.1) is 0 Å². The maximum atomic E-state index is 12.7. The highest BCUT2D eigenvalue weighted by Crippen LogP contribution is 2.23. The van der Waals surface area contributed by atoms with E-state index >= 15 is 0 Å². The largest absolute Gasteiger partial charge is 0.494 e. The van der Waals surface area contributed by atoms with Gasteiger partial charge in [-0.1, -0.05) is 12.8 Å². The monoisotopic (exact) mass is 305 g/mol. The van der Waals surface area contributed by atoms with E-state index in [4.69, 9.17) is 9.47 Å². The minimum absolute atomic E-state index is 0.127. The smallest absolute Gasteiger partial charge is 0.253 e. The van der Waals surface area contributed by atoms with Crippen molar-refractivity contribution in [3.63, 3.8) is 0 Å². The van der Waals surface area contributed by atoms with Crippen LogP contribution < -0.4 is 4.74 Å². The van der Waals surface area contributed by atoms with Crippen molar-refractivity contribution in [3.8, 4) is 5.75 Å². The molecule has 0 bridgehead atoms. The lowest BCUT2D eigenvalue weighted by Gasteiger charge is -2.21. The Balaban J connectivity index is 2.16. The topological polar surface area (TPSA) is 38.8 Å². The van der Waals surface area contributed by atoms with Crippen LogP contribution in [0.3, 0.4) is 0 Å². The summed E-state index contributed by atoms with van der Waals surface area (Å²) in [6.45, 7) is 7.40. The summed E-state index contributed by atoms with van der Waals surface area (Å²) < 4.78 is 11.1. The molecule has 1 fully saturated rings. The summed E-state index contributed by atoms with van der Waals surface area (Å²) in [6, 6.07) is 5.68. The zero-order valence-electron chi connectivity index (χ0n) is 13.8. The summed E-state index contributed by atoms with van der Waals surface area (Å²) in [5.74, 6) is 0.936. The van der Waals surface area contributed by atoms with E-state index in [0.29, 0.717) is 19.8 Å². The van der Waals surface area contributed by atoms with E-state index in [1.54, 1.807) is 0 Å². The normalized spacial score (nSPS) is 15.5. The standard InChI is InChI=1S/C18H27NO3/c1-3-21-14-16-13-15(9-10-17(16)22-4-2)18(20)19-11-7-5-6-8-12-19/h9-10,13H,3-8,11-12,14H2,1-2H3. The zero-order chi connectivity index (χ0) is 15.8. The molecule has 0 N–H and O–H groups in total. The van der Waals surface area contributed by atoms with Gasteiger partial charge in [0.25, 0.3) is 5.91 Å². The van der Waals surface area contributed by atoms with Crippen molar-refractivity contribution in [2.45, 2.75) is 46.1 Å². The fraction of sp³-hybridized carbons (Fsp3) is 0.611. The average Bonchev–Trinajstić information content (AvgIpc) is 2.82. The van der Waals surface area contributed by atoms with Crippen molar-refractivity contribution >= 4 is 5.91 Å².